The Hall–Kier alpha value is -1.79. The van der Waals surface area contributed by atoms with Crippen molar-refractivity contribution in [2.24, 2.45) is 0 Å². The van der Waals surface area contributed by atoms with Crippen LogP contribution in [-0.4, -0.2) is 36.4 Å². The van der Waals surface area contributed by atoms with Gasteiger partial charge in [0.25, 0.3) is 0 Å². The number of hydrogen-bond donors (Lipinski definition) is 1. The van der Waals surface area contributed by atoms with Crippen molar-refractivity contribution in [3.63, 3.8) is 0 Å². The molecule has 1 N–H and O–H groups in total. The lowest BCUT2D eigenvalue weighted by molar-refractivity contribution is -0.152. The predicted octanol–water partition coefficient (Wildman–Crippen LogP) is 2.84. The average molecular weight is 332 g/mol. The van der Waals surface area contributed by atoms with Gasteiger partial charge in [0.05, 0.1) is 19.8 Å². The third-order valence-corrected chi connectivity index (χ3v) is 3.94. The Labute approximate surface area is 140 Å². The lowest BCUT2D eigenvalue weighted by Gasteiger charge is -2.16. The lowest BCUT2D eigenvalue weighted by atomic mass is 10.1. The third kappa shape index (κ3) is 4.39. The molecule has 0 aromatic heterocycles. The fourth-order valence-electron chi connectivity index (χ4n) is 2.64. The van der Waals surface area contributed by atoms with E-state index in [-0.39, 0.29) is 13.2 Å². The maximum Gasteiger partial charge on any atom is 0.184 e. The molecule has 1 heterocycles. The maximum absolute atomic E-state index is 14.4. The van der Waals surface area contributed by atoms with Crippen LogP contribution in [0.1, 0.15) is 11.1 Å². The number of benzene rings is 2. The molecule has 2 aromatic carbocycles. The van der Waals surface area contributed by atoms with Crippen molar-refractivity contribution in [2.45, 2.75) is 37.9 Å². The van der Waals surface area contributed by atoms with Gasteiger partial charge in [-0.1, -0.05) is 60.7 Å². The van der Waals surface area contributed by atoms with Gasteiger partial charge in [0.15, 0.2) is 12.5 Å². The summed E-state index contributed by atoms with van der Waals surface area (Å²) in [5.41, 5.74) is 1.92. The SMILES string of the molecule is OC1OC(COCc2ccccc2)C(F)C1OCc1ccccc1. The number of alkyl halides is 1. The van der Waals surface area contributed by atoms with Crippen LogP contribution in [0.15, 0.2) is 60.7 Å². The molecule has 5 heteroatoms. The number of halogens is 1. The van der Waals surface area contributed by atoms with Gasteiger partial charge < -0.3 is 19.3 Å². The third-order valence-electron chi connectivity index (χ3n) is 3.94. The summed E-state index contributed by atoms with van der Waals surface area (Å²) in [5, 5.41) is 9.88. The molecule has 0 saturated carbocycles. The van der Waals surface area contributed by atoms with E-state index in [1.54, 1.807) is 0 Å². The van der Waals surface area contributed by atoms with Gasteiger partial charge in [-0.25, -0.2) is 4.39 Å². The van der Waals surface area contributed by atoms with Gasteiger partial charge in [0.2, 0.25) is 0 Å². The first-order chi connectivity index (χ1) is 11.7. The van der Waals surface area contributed by atoms with Crippen LogP contribution in [0.25, 0.3) is 0 Å². The Bertz CT molecular complexity index is 607. The van der Waals surface area contributed by atoms with E-state index in [0.717, 1.165) is 11.1 Å². The first-order valence-corrected chi connectivity index (χ1v) is 7.99. The van der Waals surface area contributed by atoms with Crippen LogP contribution in [0.2, 0.25) is 0 Å². The fraction of sp³-hybridized carbons (Fsp3) is 0.368. The summed E-state index contributed by atoms with van der Waals surface area (Å²) in [6.45, 7) is 0.668. The largest absolute Gasteiger partial charge is 0.374 e. The maximum atomic E-state index is 14.4. The highest BCUT2D eigenvalue weighted by Gasteiger charge is 2.45. The van der Waals surface area contributed by atoms with Gasteiger partial charge in [-0.05, 0) is 11.1 Å². The molecule has 4 nitrogen and oxygen atoms in total. The topological polar surface area (TPSA) is 47.9 Å². The van der Waals surface area contributed by atoms with E-state index < -0.39 is 24.7 Å². The van der Waals surface area contributed by atoms with Crippen molar-refractivity contribution in [2.75, 3.05) is 6.61 Å². The molecule has 4 atom stereocenters. The van der Waals surface area contributed by atoms with E-state index in [0.29, 0.717) is 6.61 Å². The summed E-state index contributed by atoms with van der Waals surface area (Å²) in [6, 6.07) is 19.1. The van der Waals surface area contributed by atoms with E-state index in [1.807, 2.05) is 60.7 Å². The second-order valence-corrected chi connectivity index (χ2v) is 5.77. The molecule has 0 aliphatic carbocycles. The molecular weight excluding hydrogens is 311 g/mol. The van der Waals surface area contributed by atoms with E-state index in [1.165, 1.54) is 0 Å². The zero-order valence-corrected chi connectivity index (χ0v) is 13.3. The molecule has 1 aliphatic rings. The minimum absolute atomic E-state index is 0.0678. The summed E-state index contributed by atoms with van der Waals surface area (Å²) >= 11 is 0. The second-order valence-electron chi connectivity index (χ2n) is 5.77. The summed E-state index contributed by atoms with van der Waals surface area (Å²) in [4.78, 5) is 0. The van der Waals surface area contributed by atoms with E-state index >= 15 is 0 Å². The first kappa shape index (κ1) is 17.0. The zero-order valence-electron chi connectivity index (χ0n) is 13.3. The summed E-state index contributed by atoms with van der Waals surface area (Å²) < 4.78 is 30.7. The summed E-state index contributed by atoms with van der Waals surface area (Å²) in [6.07, 6.45) is -4.55. The van der Waals surface area contributed by atoms with Crippen molar-refractivity contribution < 1.29 is 23.7 Å². The highest BCUT2D eigenvalue weighted by atomic mass is 19.1. The Morgan fingerprint density at radius 1 is 0.917 bits per heavy atom. The molecule has 0 amide bonds. The summed E-state index contributed by atoms with van der Waals surface area (Å²) in [7, 11) is 0. The Balaban J connectivity index is 1.46. The highest BCUT2D eigenvalue weighted by Crippen LogP contribution is 2.26. The van der Waals surface area contributed by atoms with Gasteiger partial charge in [0, 0.05) is 0 Å². The van der Waals surface area contributed by atoms with Gasteiger partial charge in [-0.3, -0.25) is 0 Å². The van der Waals surface area contributed by atoms with Crippen LogP contribution < -0.4 is 0 Å². The van der Waals surface area contributed by atoms with Crippen LogP contribution in [-0.2, 0) is 27.4 Å². The predicted molar refractivity (Wildman–Crippen MR) is 86.9 cm³/mol. The van der Waals surface area contributed by atoms with Gasteiger partial charge in [0.1, 0.15) is 12.2 Å². The Morgan fingerprint density at radius 3 is 2.12 bits per heavy atom. The molecule has 0 bridgehead atoms. The number of ether oxygens (including phenoxy) is 3. The highest BCUT2D eigenvalue weighted by molar-refractivity contribution is 5.14. The standard InChI is InChI=1S/C19H21FO4/c20-17-16(13-22-11-14-7-3-1-4-8-14)24-19(21)18(17)23-12-15-9-5-2-6-10-15/h1-10,16-19,21H,11-13H2. The Morgan fingerprint density at radius 2 is 1.50 bits per heavy atom. The number of hydrogen-bond acceptors (Lipinski definition) is 4. The quantitative estimate of drug-likeness (QED) is 0.847. The Kier molecular flexibility index (Phi) is 5.93. The number of aliphatic hydroxyl groups excluding tert-OH is 1. The second kappa shape index (κ2) is 8.35. The van der Waals surface area contributed by atoms with Gasteiger partial charge in [-0.2, -0.15) is 0 Å². The first-order valence-electron chi connectivity index (χ1n) is 7.99. The molecule has 0 radical (unpaired) electrons. The molecule has 24 heavy (non-hydrogen) atoms. The molecule has 128 valence electrons. The average Bonchev–Trinajstić information content (AvgIpc) is 2.89. The minimum atomic E-state index is -1.43. The van der Waals surface area contributed by atoms with Crippen molar-refractivity contribution >= 4 is 0 Å². The molecule has 3 rings (SSSR count). The van der Waals surface area contributed by atoms with Crippen LogP contribution in [0.5, 0.6) is 0 Å². The molecule has 4 unspecified atom stereocenters. The van der Waals surface area contributed by atoms with Gasteiger partial charge in [-0.15, -0.1) is 0 Å². The van der Waals surface area contributed by atoms with Crippen LogP contribution in [0.3, 0.4) is 0 Å². The minimum Gasteiger partial charge on any atom is -0.374 e. The lowest BCUT2D eigenvalue weighted by Crippen LogP contribution is -2.33. The van der Waals surface area contributed by atoms with Crippen molar-refractivity contribution in [1.82, 2.24) is 0 Å². The van der Waals surface area contributed by atoms with E-state index in [9.17, 15) is 9.50 Å². The van der Waals surface area contributed by atoms with Crippen molar-refractivity contribution in [3.8, 4) is 0 Å². The van der Waals surface area contributed by atoms with E-state index in [2.05, 4.69) is 0 Å². The van der Waals surface area contributed by atoms with Crippen molar-refractivity contribution in [3.05, 3.63) is 71.8 Å². The van der Waals surface area contributed by atoms with Gasteiger partial charge >= 0.3 is 0 Å². The monoisotopic (exact) mass is 332 g/mol. The smallest absolute Gasteiger partial charge is 0.184 e. The van der Waals surface area contributed by atoms with E-state index in [4.69, 9.17) is 14.2 Å². The molecule has 1 saturated heterocycles. The molecule has 0 spiro atoms. The number of rotatable bonds is 7. The van der Waals surface area contributed by atoms with Crippen LogP contribution in [0.4, 0.5) is 4.39 Å². The molecule has 2 aromatic rings. The van der Waals surface area contributed by atoms with Crippen molar-refractivity contribution in [1.29, 1.82) is 0 Å². The van der Waals surface area contributed by atoms with Crippen LogP contribution in [0, 0.1) is 0 Å². The zero-order chi connectivity index (χ0) is 16.8. The van der Waals surface area contributed by atoms with Crippen LogP contribution >= 0.6 is 0 Å². The molecule has 1 aliphatic heterocycles. The molecular formula is C19H21FO4. The fourth-order valence-corrected chi connectivity index (χ4v) is 2.64. The molecule has 1 fully saturated rings. The normalized spacial score (nSPS) is 26.6. The summed E-state index contributed by atoms with van der Waals surface area (Å²) in [5.74, 6) is 0. The number of aliphatic hydroxyl groups is 1.